The molecule has 0 spiro atoms. The Kier molecular flexibility index (Phi) is 10.1. The second-order valence-corrected chi connectivity index (χ2v) is 7.25. The second-order valence-electron chi connectivity index (χ2n) is 7.25. The van der Waals surface area contributed by atoms with Gasteiger partial charge in [0.1, 0.15) is 0 Å². The van der Waals surface area contributed by atoms with Crippen molar-refractivity contribution in [1.82, 2.24) is 20.9 Å². The minimum atomic E-state index is -0.0695. The number of nitrogens with zero attached hydrogens (tertiary/aromatic N) is 2. The maximum absolute atomic E-state index is 11.6. The first-order valence-electron chi connectivity index (χ1n) is 9.54. The van der Waals surface area contributed by atoms with Gasteiger partial charge in [0.15, 0.2) is 5.96 Å². The number of hydrogen-bond acceptors (Lipinski definition) is 3. The lowest BCUT2D eigenvalue weighted by Crippen LogP contribution is -2.46. The molecule has 2 atom stereocenters. The molecule has 27 heavy (non-hydrogen) atoms. The third-order valence-corrected chi connectivity index (χ3v) is 4.90. The van der Waals surface area contributed by atoms with Gasteiger partial charge in [-0.2, -0.15) is 0 Å². The number of carbonyl (C=O) groups is 1. The van der Waals surface area contributed by atoms with E-state index in [2.05, 4.69) is 48.5 Å². The van der Waals surface area contributed by atoms with Crippen LogP contribution in [-0.4, -0.2) is 55.5 Å². The minimum Gasteiger partial charge on any atom is -0.357 e. The van der Waals surface area contributed by atoms with E-state index in [-0.39, 0.29) is 29.9 Å². The summed E-state index contributed by atoms with van der Waals surface area (Å²) in [6.45, 7) is 12.4. The van der Waals surface area contributed by atoms with Gasteiger partial charge in [0.25, 0.3) is 5.91 Å². The number of likely N-dealkylation sites (tertiary alicyclic amines) is 1. The maximum Gasteiger partial charge on any atom is 0.251 e. The number of guanidine groups is 1. The first kappa shape index (κ1) is 23.7. The number of aliphatic imine (C=N–C) groups is 1. The molecule has 0 radical (unpaired) electrons. The molecule has 6 nitrogen and oxygen atoms in total. The van der Waals surface area contributed by atoms with Gasteiger partial charge in [-0.15, -0.1) is 24.0 Å². The highest BCUT2D eigenvalue weighted by Crippen LogP contribution is 2.18. The molecule has 0 saturated carbocycles. The van der Waals surface area contributed by atoms with E-state index >= 15 is 0 Å². The molecule has 0 bridgehead atoms. The summed E-state index contributed by atoms with van der Waals surface area (Å²) in [5, 5.41) is 9.57. The van der Waals surface area contributed by atoms with Crippen LogP contribution in [0.5, 0.6) is 0 Å². The van der Waals surface area contributed by atoms with E-state index in [1.54, 1.807) is 7.05 Å². The van der Waals surface area contributed by atoms with Gasteiger partial charge in [0, 0.05) is 44.3 Å². The van der Waals surface area contributed by atoms with Gasteiger partial charge in [0.2, 0.25) is 0 Å². The molecule has 2 rings (SSSR count). The number of carbonyl (C=O) groups excluding carboxylic acids is 1. The van der Waals surface area contributed by atoms with Crippen molar-refractivity contribution in [2.45, 2.75) is 46.3 Å². The van der Waals surface area contributed by atoms with Crippen molar-refractivity contribution < 1.29 is 4.79 Å². The van der Waals surface area contributed by atoms with Crippen LogP contribution in [0.3, 0.4) is 0 Å². The molecule has 152 valence electrons. The van der Waals surface area contributed by atoms with Crippen molar-refractivity contribution >= 4 is 35.8 Å². The molecule has 7 heteroatoms. The van der Waals surface area contributed by atoms with E-state index in [4.69, 9.17) is 4.99 Å². The number of rotatable bonds is 6. The van der Waals surface area contributed by atoms with Gasteiger partial charge in [-0.1, -0.05) is 19.1 Å². The predicted octanol–water partition coefficient (Wildman–Crippen LogP) is 2.45. The number of amides is 1. The van der Waals surface area contributed by atoms with Crippen LogP contribution < -0.4 is 16.0 Å². The lowest BCUT2D eigenvalue weighted by atomic mass is 10.1. The summed E-state index contributed by atoms with van der Waals surface area (Å²) in [5.74, 6) is 1.37. The van der Waals surface area contributed by atoms with Gasteiger partial charge in [0.05, 0.1) is 6.54 Å². The van der Waals surface area contributed by atoms with E-state index in [1.807, 2.05) is 24.3 Å². The fourth-order valence-corrected chi connectivity index (χ4v) is 3.19. The monoisotopic (exact) mass is 487 g/mol. The van der Waals surface area contributed by atoms with Crippen molar-refractivity contribution in [2.24, 2.45) is 10.9 Å². The zero-order valence-electron chi connectivity index (χ0n) is 17.1. The van der Waals surface area contributed by atoms with Gasteiger partial charge >= 0.3 is 0 Å². The van der Waals surface area contributed by atoms with Gasteiger partial charge < -0.3 is 16.0 Å². The number of nitrogens with one attached hydrogen (secondary N) is 3. The van der Waals surface area contributed by atoms with Crippen molar-refractivity contribution in [3.63, 3.8) is 0 Å². The smallest absolute Gasteiger partial charge is 0.251 e. The van der Waals surface area contributed by atoms with Gasteiger partial charge in [-0.25, -0.2) is 4.99 Å². The van der Waals surface area contributed by atoms with E-state index < -0.39 is 0 Å². The molecule has 1 amide bonds. The summed E-state index contributed by atoms with van der Waals surface area (Å²) in [4.78, 5) is 18.8. The summed E-state index contributed by atoms with van der Waals surface area (Å²) >= 11 is 0. The van der Waals surface area contributed by atoms with Gasteiger partial charge in [-0.05, 0) is 44.4 Å². The Balaban J connectivity index is 0.00000364. The Morgan fingerprint density at radius 1 is 1.26 bits per heavy atom. The molecular weight excluding hydrogens is 453 g/mol. The second kappa shape index (κ2) is 11.5. The Bertz CT molecular complexity index is 617. The van der Waals surface area contributed by atoms with Crippen molar-refractivity contribution in [1.29, 1.82) is 0 Å². The number of halogens is 1. The quantitative estimate of drug-likeness (QED) is 0.328. The van der Waals surface area contributed by atoms with Crippen LogP contribution in [0.4, 0.5) is 0 Å². The predicted molar refractivity (Wildman–Crippen MR) is 123 cm³/mol. The first-order chi connectivity index (χ1) is 12.4. The summed E-state index contributed by atoms with van der Waals surface area (Å²) in [5.41, 5.74) is 1.75. The molecule has 1 heterocycles. The highest BCUT2D eigenvalue weighted by Gasteiger charge is 2.31. The molecule has 2 unspecified atom stereocenters. The van der Waals surface area contributed by atoms with Crippen LogP contribution in [0.2, 0.25) is 0 Å². The van der Waals surface area contributed by atoms with E-state index in [1.165, 1.54) is 0 Å². The van der Waals surface area contributed by atoms with Crippen LogP contribution in [-0.2, 0) is 6.54 Å². The van der Waals surface area contributed by atoms with Crippen molar-refractivity contribution in [3.8, 4) is 0 Å². The average molecular weight is 487 g/mol. The summed E-state index contributed by atoms with van der Waals surface area (Å²) in [7, 11) is 1.64. The molecule has 1 aromatic rings. The zero-order chi connectivity index (χ0) is 19.1. The zero-order valence-corrected chi connectivity index (χ0v) is 19.4. The molecule has 1 saturated heterocycles. The Morgan fingerprint density at radius 3 is 2.44 bits per heavy atom. The third kappa shape index (κ3) is 6.95. The summed E-state index contributed by atoms with van der Waals surface area (Å²) < 4.78 is 0. The number of hydrogen-bond donors (Lipinski definition) is 3. The molecule has 1 aromatic carbocycles. The van der Waals surface area contributed by atoms with Crippen LogP contribution in [0.25, 0.3) is 0 Å². The third-order valence-electron chi connectivity index (χ3n) is 4.90. The molecule has 1 fully saturated rings. The molecule has 3 N–H and O–H groups in total. The Hall–Kier alpha value is -1.35. The van der Waals surface area contributed by atoms with Crippen LogP contribution in [0.1, 0.15) is 43.6 Å². The van der Waals surface area contributed by atoms with Crippen molar-refractivity contribution in [2.75, 3.05) is 26.7 Å². The lowest BCUT2D eigenvalue weighted by Gasteiger charge is -2.22. The first-order valence-corrected chi connectivity index (χ1v) is 9.54. The van der Waals surface area contributed by atoms with Crippen LogP contribution >= 0.6 is 24.0 Å². The molecule has 1 aliphatic rings. The number of benzene rings is 1. The fourth-order valence-electron chi connectivity index (χ4n) is 3.19. The highest BCUT2D eigenvalue weighted by molar-refractivity contribution is 14.0. The summed E-state index contributed by atoms with van der Waals surface area (Å²) in [6.07, 6.45) is 0. The van der Waals surface area contributed by atoms with Gasteiger partial charge in [-0.3, -0.25) is 9.69 Å². The fraction of sp³-hybridized carbons (Fsp3) is 0.600. The molecular formula is C20H34IN5O. The van der Waals surface area contributed by atoms with E-state index in [9.17, 15) is 4.79 Å². The van der Waals surface area contributed by atoms with Crippen molar-refractivity contribution in [3.05, 3.63) is 35.4 Å². The van der Waals surface area contributed by atoms with E-state index in [0.29, 0.717) is 30.1 Å². The Labute approximate surface area is 180 Å². The van der Waals surface area contributed by atoms with Crippen LogP contribution in [0.15, 0.2) is 29.3 Å². The highest BCUT2D eigenvalue weighted by atomic mass is 127. The minimum absolute atomic E-state index is 0. The normalized spacial score (nSPS) is 20.3. The molecule has 0 aromatic heterocycles. The topological polar surface area (TPSA) is 68.8 Å². The largest absolute Gasteiger partial charge is 0.357 e. The molecule has 1 aliphatic heterocycles. The standard InChI is InChI=1S/C20H33N5O.HI/c1-6-22-20(24-18-13-25(14(2)3)12-15(18)4)23-11-16-7-9-17(10-8-16)19(26)21-5;/h7-10,14-15,18H,6,11-13H2,1-5H3,(H,21,26)(H2,22,23,24);1H. The summed E-state index contributed by atoms with van der Waals surface area (Å²) in [6, 6.07) is 8.56. The average Bonchev–Trinajstić information content (AvgIpc) is 3.00. The van der Waals surface area contributed by atoms with Crippen LogP contribution in [0, 0.1) is 5.92 Å². The van der Waals surface area contributed by atoms with E-state index in [0.717, 1.165) is 31.2 Å². The lowest BCUT2D eigenvalue weighted by molar-refractivity contribution is 0.0963. The SMILES string of the molecule is CCNC(=NCc1ccc(C(=O)NC)cc1)NC1CN(C(C)C)CC1C.I. The molecule has 0 aliphatic carbocycles. The maximum atomic E-state index is 11.6. The Morgan fingerprint density at radius 2 is 1.93 bits per heavy atom.